The quantitative estimate of drug-likeness (QED) is 0.733. The maximum atomic E-state index is 3.51. The van der Waals surface area contributed by atoms with Crippen LogP contribution in [0.15, 0.2) is 0 Å². The third-order valence-corrected chi connectivity index (χ3v) is 3.82. The zero-order chi connectivity index (χ0) is 12.7. The second-order valence-electron chi connectivity index (χ2n) is 5.42. The van der Waals surface area contributed by atoms with Gasteiger partial charge in [0.05, 0.1) is 0 Å². The SMILES string of the molecule is CCCN1CCN(C(C)CC(C)NCC)CC1. The lowest BCUT2D eigenvalue weighted by atomic mass is 10.1. The van der Waals surface area contributed by atoms with E-state index in [0.29, 0.717) is 12.1 Å². The molecule has 0 amide bonds. The van der Waals surface area contributed by atoms with Crippen molar-refractivity contribution < 1.29 is 0 Å². The molecule has 1 saturated heterocycles. The minimum Gasteiger partial charge on any atom is -0.314 e. The Kier molecular flexibility index (Phi) is 7.09. The second-order valence-corrected chi connectivity index (χ2v) is 5.42. The first-order valence-electron chi connectivity index (χ1n) is 7.37. The van der Waals surface area contributed by atoms with Crippen molar-refractivity contribution in [2.75, 3.05) is 39.3 Å². The van der Waals surface area contributed by atoms with Gasteiger partial charge in [0, 0.05) is 38.3 Å². The van der Waals surface area contributed by atoms with Crippen molar-refractivity contribution in [3.63, 3.8) is 0 Å². The molecular weight excluding hydrogens is 210 g/mol. The van der Waals surface area contributed by atoms with Crippen molar-refractivity contribution in [2.45, 2.75) is 52.6 Å². The molecule has 1 fully saturated rings. The van der Waals surface area contributed by atoms with Gasteiger partial charge in [-0.25, -0.2) is 0 Å². The fraction of sp³-hybridized carbons (Fsp3) is 1.00. The number of nitrogens with zero attached hydrogens (tertiary/aromatic N) is 2. The zero-order valence-corrected chi connectivity index (χ0v) is 12.2. The molecule has 0 aromatic heterocycles. The van der Waals surface area contributed by atoms with Gasteiger partial charge in [0.2, 0.25) is 0 Å². The lowest BCUT2D eigenvalue weighted by Gasteiger charge is -2.38. The monoisotopic (exact) mass is 241 g/mol. The Balaban J connectivity index is 2.23. The number of hydrogen-bond donors (Lipinski definition) is 1. The Morgan fingerprint density at radius 2 is 1.71 bits per heavy atom. The van der Waals surface area contributed by atoms with Gasteiger partial charge >= 0.3 is 0 Å². The van der Waals surface area contributed by atoms with Crippen molar-refractivity contribution in [2.24, 2.45) is 0 Å². The molecule has 1 aliphatic rings. The van der Waals surface area contributed by atoms with Crippen LogP contribution in [0.4, 0.5) is 0 Å². The van der Waals surface area contributed by atoms with Crippen LogP contribution in [0.2, 0.25) is 0 Å². The number of rotatable bonds is 7. The molecule has 0 aromatic carbocycles. The van der Waals surface area contributed by atoms with Crippen LogP contribution >= 0.6 is 0 Å². The van der Waals surface area contributed by atoms with E-state index in [1.54, 1.807) is 0 Å². The van der Waals surface area contributed by atoms with Gasteiger partial charge in [0.25, 0.3) is 0 Å². The molecule has 2 atom stereocenters. The second kappa shape index (κ2) is 8.06. The Bertz CT molecular complexity index is 188. The van der Waals surface area contributed by atoms with Crippen molar-refractivity contribution in [1.82, 2.24) is 15.1 Å². The fourth-order valence-corrected chi connectivity index (χ4v) is 2.84. The van der Waals surface area contributed by atoms with E-state index >= 15 is 0 Å². The molecule has 1 N–H and O–H groups in total. The van der Waals surface area contributed by atoms with E-state index in [1.807, 2.05) is 0 Å². The summed E-state index contributed by atoms with van der Waals surface area (Å²) in [6, 6.07) is 1.36. The highest BCUT2D eigenvalue weighted by molar-refractivity contribution is 4.78. The van der Waals surface area contributed by atoms with E-state index in [4.69, 9.17) is 0 Å². The molecule has 17 heavy (non-hydrogen) atoms. The molecule has 0 aromatic rings. The first-order chi connectivity index (χ1) is 8.17. The van der Waals surface area contributed by atoms with Gasteiger partial charge in [0.1, 0.15) is 0 Å². The first-order valence-corrected chi connectivity index (χ1v) is 7.37. The molecule has 2 unspecified atom stereocenters. The van der Waals surface area contributed by atoms with Gasteiger partial charge in [-0.3, -0.25) is 4.90 Å². The molecule has 3 nitrogen and oxygen atoms in total. The van der Waals surface area contributed by atoms with Crippen LogP contribution in [0, 0.1) is 0 Å². The molecule has 0 spiro atoms. The Labute approximate surface area is 108 Å². The van der Waals surface area contributed by atoms with E-state index in [0.717, 1.165) is 6.54 Å². The molecule has 0 aliphatic carbocycles. The smallest absolute Gasteiger partial charge is 0.0113 e. The summed E-state index contributed by atoms with van der Waals surface area (Å²) in [4.78, 5) is 5.25. The Hall–Kier alpha value is -0.120. The Morgan fingerprint density at radius 3 is 2.24 bits per heavy atom. The van der Waals surface area contributed by atoms with Crippen LogP contribution in [-0.2, 0) is 0 Å². The molecule has 1 rings (SSSR count). The summed E-state index contributed by atoms with van der Waals surface area (Å²) in [5.41, 5.74) is 0. The van der Waals surface area contributed by atoms with Crippen LogP contribution in [0.5, 0.6) is 0 Å². The lowest BCUT2D eigenvalue weighted by molar-refractivity contribution is 0.0952. The number of piperazine rings is 1. The first kappa shape index (κ1) is 14.9. The summed E-state index contributed by atoms with van der Waals surface area (Å²) in [6.45, 7) is 16.5. The van der Waals surface area contributed by atoms with Gasteiger partial charge in [-0.15, -0.1) is 0 Å². The average molecular weight is 241 g/mol. The van der Waals surface area contributed by atoms with Crippen molar-refractivity contribution in [1.29, 1.82) is 0 Å². The van der Waals surface area contributed by atoms with E-state index in [9.17, 15) is 0 Å². The van der Waals surface area contributed by atoms with Gasteiger partial charge in [-0.2, -0.15) is 0 Å². The molecule has 0 saturated carbocycles. The van der Waals surface area contributed by atoms with Crippen LogP contribution in [0.1, 0.15) is 40.5 Å². The van der Waals surface area contributed by atoms with Crippen LogP contribution in [0.25, 0.3) is 0 Å². The molecule has 1 aliphatic heterocycles. The third kappa shape index (κ3) is 5.36. The van der Waals surface area contributed by atoms with Gasteiger partial charge in [-0.05, 0) is 39.8 Å². The summed E-state index contributed by atoms with van der Waals surface area (Å²) in [5, 5.41) is 3.51. The summed E-state index contributed by atoms with van der Waals surface area (Å²) < 4.78 is 0. The summed E-state index contributed by atoms with van der Waals surface area (Å²) >= 11 is 0. The summed E-state index contributed by atoms with van der Waals surface area (Å²) in [7, 11) is 0. The minimum absolute atomic E-state index is 0.642. The molecule has 0 bridgehead atoms. The predicted octanol–water partition coefficient (Wildman–Crippen LogP) is 1.79. The van der Waals surface area contributed by atoms with Gasteiger partial charge < -0.3 is 10.2 Å². The summed E-state index contributed by atoms with van der Waals surface area (Å²) in [5.74, 6) is 0. The average Bonchev–Trinajstić information content (AvgIpc) is 2.30. The topological polar surface area (TPSA) is 18.5 Å². The molecule has 3 heteroatoms. The molecule has 102 valence electrons. The predicted molar refractivity (Wildman–Crippen MR) is 75.5 cm³/mol. The molecular formula is C14H31N3. The van der Waals surface area contributed by atoms with Crippen LogP contribution in [0.3, 0.4) is 0 Å². The van der Waals surface area contributed by atoms with Crippen molar-refractivity contribution in [3.05, 3.63) is 0 Å². The van der Waals surface area contributed by atoms with E-state index in [2.05, 4.69) is 42.8 Å². The highest BCUT2D eigenvalue weighted by atomic mass is 15.3. The maximum absolute atomic E-state index is 3.51. The largest absolute Gasteiger partial charge is 0.314 e. The minimum atomic E-state index is 0.642. The Morgan fingerprint density at radius 1 is 1.06 bits per heavy atom. The van der Waals surface area contributed by atoms with E-state index in [1.165, 1.54) is 45.6 Å². The van der Waals surface area contributed by atoms with Crippen LogP contribution < -0.4 is 5.32 Å². The van der Waals surface area contributed by atoms with E-state index in [-0.39, 0.29) is 0 Å². The summed E-state index contributed by atoms with van der Waals surface area (Å²) in [6.07, 6.45) is 2.55. The van der Waals surface area contributed by atoms with Gasteiger partial charge in [0.15, 0.2) is 0 Å². The maximum Gasteiger partial charge on any atom is 0.0113 e. The van der Waals surface area contributed by atoms with E-state index < -0.39 is 0 Å². The van der Waals surface area contributed by atoms with Crippen LogP contribution in [-0.4, -0.2) is 61.2 Å². The lowest BCUT2D eigenvalue weighted by Crippen LogP contribution is -2.50. The molecule has 1 heterocycles. The van der Waals surface area contributed by atoms with Crippen molar-refractivity contribution >= 4 is 0 Å². The highest BCUT2D eigenvalue weighted by Gasteiger charge is 2.21. The third-order valence-electron chi connectivity index (χ3n) is 3.82. The highest BCUT2D eigenvalue weighted by Crippen LogP contribution is 2.11. The fourth-order valence-electron chi connectivity index (χ4n) is 2.84. The standard InChI is InChI=1S/C14H31N3/c1-5-7-16-8-10-17(11-9-16)14(4)12-13(3)15-6-2/h13-15H,5-12H2,1-4H3. The number of hydrogen-bond acceptors (Lipinski definition) is 3. The zero-order valence-electron chi connectivity index (χ0n) is 12.2. The van der Waals surface area contributed by atoms with Gasteiger partial charge in [-0.1, -0.05) is 13.8 Å². The molecule has 0 radical (unpaired) electrons. The normalized spacial score (nSPS) is 22.6. The van der Waals surface area contributed by atoms with Crippen molar-refractivity contribution in [3.8, 4) is 0 Å². The number of nitrogens with one attached hydrogen (secondary N) is 1.